The highest BCUT2D eigenvalue weighted by Gasteiger charge is 2.25. The van der Waals surface area contributed by atoms with Gasteiger partial charge in [0.1, 0.15) is 0 Å². The minimum atomic E-state index is -0.207. The highest BCUT2D eigenvalue weighted by Crippen LogP contribution is 2.24. The molecule has 0 saturated carbocycles. The van der Waals surface area contributed by atoms with Crippen LogP contribution in [0.5, 0.6) is 0 Å². The fourth-order valence-electron chi connectivity index (χ4n) is 1.78. The van der Waals surface area contributed by atoms with Crippen molar-refractivity contribution in [2.75, 3.05) is 13.2 Å². The molecule has 1 aromatic carbocycles. The van der Waals surface area contributed by atoms with Gasteiger partial charge in [-0.2, -0.15) is 0 Å². The molecule has 0 unspecified atom stereocenters. The lowest BCUT2D eigenvalue weighted by Crippen LogP contribution is -2.39. The van der Waals surface area contributed by atoms with Crippen molar-refractivity contribution in [3.05, 3.63) is 34.3 Å². The maximum absolute atomic E-state index is 12.0. The number of amides is 1. The zero-order valence-corrected chi connectivity index (χ0v) is 12.5. The largest absolute Gasteiger partial charge is 0.396 e. The minimum Gasteiger partial charge on any atom is -0.396 e. The fourth-order valence-corrected chi connectivity index (χ4v) is 2.18. The molecular formula is C14H20BrNO2. The first-order valence-electron chi connectivity index (χ1n) is 6.21. The molecule has 0 aliphatic rings. The van der Waals surface area contributed by atoms with Crippen LogP contribution in [-0.4, -0.2) is 24.2 Å². The number of carbonyl (C=O) groups is 1. The van der Waals surface area contributed by atoms with E-state index in [-0.39, 0.29) is 17.9 Å². The van der Waals surface area contributed by atoms with Crippen LogP contribution in [0.2, 0.25) is 0 Å². The average molecular weight is 314 g/mol. The van der Waals surface area contributed by atoms with E-state index in [0.29, 0.717) is 12.1 Å². The van der Waals surface area contributed by atoms with Crippen molar-refractivity contribution in [1.82, 2.24) is 5.32 Å². The van der Waals surface area contributed by atoms with Crippen LogP contribution < -0.4 is 5.32 Å². The number of carbonyl (C=O) groups excluding carboxylic acids is 1. The number of hydrogen-bond donors (Lipinski definition) is 2. The molecule has 0 aromatic heterocycles. The van der Waals surface area contributed by atoms with Crippen molar-refractivity contribution >= 4 is 21.8 Å². The maximum atomic E-state index is 12.0. The number of aliphatic hydroxyl groups is 1. The van der Waals surface area contributed by atoms with E-state index < -0.39 is 0 Å². The van der Waals surface area contributed by atoms with Crippen LogP contribution in [0.4, 0.5) is 0 Å². The summed E-state index contributed by atoms with van der Waals surface area (Å²) in [6.07, 6.45) is 1.69. The third kappa shape index (κ3) is 3.82. The Morgan fingerprint density at radius 2 is 2.06 bits per heavy atom. The van der Waals surface area contributed by atoms with Gasteiger partial charge in [0.25, 0.3) is 5.91 Å². The Kier molecular flexibility index (Phi) is 5.82. The molecule has 0 aliphatic heterocycles. The lowest BCUT2D eigenvalue weighted by Gasteiger charge is -2.29. The molecule has 1 amide bonds. The van der Waals surface area contributed by atoms with Crippen molar-refractivity contribution in [3.63, 3.8) is 0 Å². The molecule has 0 saturated heterocycles. The lowest BCUT2D eigenvalue weighted by molar-refractivity contribution is 0.0851. The van der Waals surface area contributed by atoms with Gasteiger partial charge in [-0.3, -0.25) is 4.79 Å². The van der Waals surface area contributed by atoms with E-state index in [9.17, 15) is 9.90 Å². The molecule has 3 nitrogen and oxygen atoms in total. The Hall–Kier alpha value is -0.870. The van der Waals surface area contributed by atoms with Crippen LogP contribution in [0.25, 0.3) is 0 Å². The Bertz CT molecular complexity index is 394. The van der Waals surface area contributed by atoms with Crippen LogP contribution in [0.15, 0.2) is 28.7 Å². The first kappa shape index (κ1) is 15.2. The third-order valence-electron chi connectivity index (χ3n) is 3.55. The van der Waals surface area contributed by atoms with Crippen LogP contribution >= 0.6 is 15.9 Å². The van der Waals surface area contributed by atoms with E-state index in [2.05, 4.69) is 21.2 Å². The Morgan fingerprint density at radius 3 is 2.56 bits per heavy atom. The van der Waals surface area contributed by atoms with Gasteiger partial charge >= 0.3 is 0 Å². The number of rotatable bonds is 6. The Morgan fingerprint density at radius 1 is 1.39 bits per heavy atom. The standard InChI is InChI=1S/C14H20BrNO2/c1-3-14(4-2,10-17)9-16-13(18)11-6-5-7-12(15)8-11/h5-8,17H,3-4,9-10H2,1-2H3,(H,16,18). The SMILES string of the molecule is CCC(CC)(CO)CNC(=O)c1cccc(Br)c1. The molecule has 0 aliphatic carbocycles. The third-order valence-corrected chi connectivity index (χ3v) is 4.04. The molecule has 0 radical (unpaired) electrons. The molecular weight excluding hydrogens is 294 g/mol. The van der Waals surface area contributed by atoms with Crippen molar-refractivity contribution < 1.29 is 9.90 Å². The van der Waals surface area contributed by atoms with Crippen molar-refractivity contribution in [2.45, 2.75) is 26.7 Å². The quantitative estimate of drug-likeness (QED) is 0.848. The number of halogens is 1. The summed E-state index contributed by atoms with van der Waals surface area (Å²) in [6, 6.07) is 7.28. The van der Waals surface area contributed by atoms with Gasteiger partial charge in [-0.1, -0.05) is 35.8 Å². The summed E-state index contributed by atoms with van der Waals surface area (Å²) in [4.78, 5) is 12.0. The molecule has 0 atom stereocenters. The monoisotopic (exact) mass is 313 g/mol. The summed E-state index contributed by atoms with van der Waals surface area (Å²) >= 11 is 3.34. The number of benzene rings is 1. The maximum Gasteiger partial charge on any atom is 0.251 e. The van der Waals surface area contributed by atoms with Crippen LogP contribution in [-0.2, 0) is 0 Å². The van der Waals surface area contributed by atoms with Gasteiger partial charge in [-0.25, -0.2) is 0 Å². The van der Waals surface area contributed by atoms with Gasteiger partial charge in [0.15, 0.2) is 0 Å². The molecule has 1 rings (SSSR count). The molecule has 0 spiro atoms. The van der Waals surface area contributed by atoms with E-state index in [4.69, 9.17) is 0 Å². The van der Waals surface area contributed by atoms with E-state index >= 15 is 0 Å². The molecule has 1 aromatic rings. The van der Waals surface area contributed by atoms with Gasteiger partial charge in [-0.05, 0) is 31.0 Å². The first-order chi connectivity index (χ1) is 8.56. The zero-order chi connectivity index (χ0) is 13.6. The highest BCUT2D eigenvalue weighted by atomic mass is 79.9. The number of hydrogen-bond acceptors (Lipinski definition) is 2. The second-order valence-electron chi connectivity index (χ2n) is 4.56. The topological polar surface area (TPSA) is 49.3 Å². The summed E-state index contributed by atoms with van der Waals surface area (Å²) < 4.78 is 0.884. The summed E-state index contributed by atoms with van der Waals surface area (Å²) in [5.41, 5.74) is 0.421. The predicted octanol–water partition coefficient (Wildman–Crippen LogP) is 2.98. The van der Waals surface area contributed by atoms with Gasteiger partial charge in [0.05, 0.1) is 6.61 Å². The average Bonchev–Trinajstić information content (AvgIpc) is 2.40. The lowest BCUT2D eigenvalue weighted by atomic mass is 9.83. The molecule has 2 N–H and O–H groups in total. The van der Waals surface area contributed by atoms with Crippen LogP contribution in [0.3, 0.4) is 0 Å². The Balaban J connectivity index is 2.66. The second kappa shape index (κ2) is 6.90. The van der Waals surface area contributed by atoms with Crippen LogP contribution in [0, 0.1) is 5.41 Å². The number of aliphatic hydroxyl groups excluding tert-OH is 1. The van der Waals surface area contributed by atoms with E-state index in [1.807, 2.05) is 26.0 Å². The smallest absolute Gasteiger partial charge is 0.251 e. The normalized spacial score (nSPS) is 11.3. The molecule has 4 heteroatoms. The predicted molar refractivity (Wildman–Crippen MR) is 76.6 cm³/mol. The summed E-state index contributed by atoms with van der Waals surface area (Å²) in [5, 5.41) is 12.3. The van der Waals surface area contributed by atoms with Gasteiger partial charge in [0.2, 0.25) is 0 Å². The van der Waals surface area contributed by atoms with E-state index in [0.717, 1.165) is 17.3 Å². The molecule has 0 fully saturated rings. The van der Waals surface area contributed by atoms with Crippen LogP contribution in [0.1, 0.15) is 37.0 Å². The van der Waals surface area contributed by atoms with Gasteiger partial charge < -0.3 is 10.4 Å². The van der Waals surface area contributed by atoms with Crippen molar-refractivity contribution in [3.8, 4) is 0 Å². The summed E-state index contributed by atoms with van der Waals surface area (Å²) in [5.74, 6) is -0.101. The Labute approximate surface area is 117 Å². The van der Waals surface area contributed by atoms with Crippen molar-refractivity contribution in [2.24, 2.45) is 5.41 Å². The first-order valence-corrected chi connectivity index (χ1v) is 7.01. The minimum absolute atomic E-state index is 0.0960. The number of nitrogens with one attached hydrogen (secondary N) is 1. The van der Waals surface area contributed by atoms with Gasteiger partial charge in [0, 0.05) is 22.0 Å². The van der Waals surface area contributed by atoms with Gasteiger partial charge in [-0.15, -0.1) is 0 Å². The van der Waals surface area contributed by atoms with E-state index in [1.165, 1.54) is 0 Å². The zero-order valence-electron chi connectivity index (χ0n) is 10.9. The molecule has 18 heavy (non-hydrogen) atoms. The summed E-state index contributed by atoms with van der Waals surface area (Å²) in [7, 11) is 0. The molecule has 0 heterocycles. The fraction of sp³-hybridized carbons (Fsp3) is 0.500. The molecule has 0 bridgehead atoms. The van der Waals surface area contributed by atoms with E-state index in [1.54, 1.807) is 12.1 Å². The second-order valence-corrected chi connectivity index (χ2v) is 5.47. The highest BCUT2D eigenvalue weighted by molar-refractivity contribution is 9.10. The molecule has 100 valence electrons. The summed E-state index contributed by atoms with van der Waals surface area (Å²) in [6.45, 7) is 4.66. The van der Waals surface area contributed by atoms with Crippen molar-refractivity contribution in [1.29, 1.82) is 0 Å².